The van der Waals surface area contributed by atoms with E-state index >= 15 is 0 Å². The van der Waals surface area contributed by atoms with Crippen LogP contribution < -0.4 is 10.1 Å². The first-order valence-corrected chi connectivity index (χ1v) is 7.48. The summed E-state index contributed by atoms with van der Waals surface area (Å²) in [6, 6.07) is 10.1. The van der Waals surface area contributed by atoms with Crippen LogP contribution in [0.2, 0.25) is 0 Å². The van der Waals surface area contributed by atoms with E-state index in [0.717, 1.165) is 12.2 Å². The lowest BCUT2D eigenvalue weighted by atomic mass is 9.72. The molecule has 0 saturated carbocycles. The summed E-state index contributed by atoms with van der Waals surface area (Å²) in [4.78, 5) is 0. The van der Waals surface area contributed by atoms with E-state index in [4.69, 9.17) is 10.00 Å². The Labute approximate surface area is 129 Å². The van der Waals surface area contributed by atoms with Crippen molar-refractivity contribution in [3.63, 3.8) is 0 Å². The van der Waals surface area contributed by atoms with Crippen molar-refractivity contribution in [2.24, 2.45) is 5.41 Å². The van der Waals surface area contributed by atoms with Crippen molar-refractivity contribution >= 4 is 0 Å². The molecule has 0 aliphatic rings. The number of nitriles is 1. The van der Waals surface area contributed by atoms with Crippen LogP contribution in [-0.2, 0) is 5.41 Å². The molecule has 1 rings (SSSR count). The van der Waals surface area contributed by atoms with Gasteiger partial charge in [-0.05, 0) is 42.0 Å². The second kappa shape index (κ2) is 6.95. The predicted octanol–water partition coefficient (Wildman–Crippen LogP) is 3.89. The quantitative estimate of drug-likeness (QED) is 0.863. The summed E-state index contributed by atoms with van der Waals surface area (Å²) in [5, 5.41) is 11.8. The summed E-state index contributed by atoms with van der Waals surface area (Å²) in [7, 11) is 1.76. The molecule has 3 nitrogen and oxygen atoms in total. The van der Waals surface area contributed by atoms with Gasteiger partial charge in [0.2, 0.25) is 0 Å². The van der Waals surface area contributed by atoms with Gasteiger partial charge < -0.3 is 10.1 Å². The molecule has 116 valence electrons. The Hall–Kier alpha value is -1.53. The SMILES string of the molecule is CNC(C#N)COc1ccc(C(C)(C)CC(C)(C)C)cc1. The minimum atomic E-state index is -0.276. The van der Waals surface area contributed by atoms with Crippen LogP contribution in [-0.4, -0.2) is 19.7 Å². The van der Waals surface area contributed by atoms with Gasteiger partial charge >= 0.3 is 0 Å². The maximum absolute atomic E-state index is 8.87. The lowest BCUT2D eigenvalue weighted by Crippen LogP contribution is -2.29. The van der Waals surface area contributed by atoms with Gasteiger partial charge in [-0.1, -0.05) is 46.8 Å². The highest BCUT2D eigenvalue weighted by Crippen LogP contribution is 2.36. The smallest absolute Gasteiger partial charge is 0.129 e. The van der Waals surface area contributed by atoms with E-state index < -0.39 is 0 Å². The molecule has 1 aromatic carbocycles. The van der Waals surface area contributed by atoms with Gasteiger partial charge in [0, 0.05) is 0 Å². The molecule has 0 amide bonds. The summed E-state index contributed by atoms with van der Waals surface area (Å²) in [6.45, 7) is 11.7. The van der Waals surface area contributed by atoms with E-state index in [9.17, 15) is 0 Å². The van der Waals surface area contributed by atoms with Crippen molar-refractivity contribution in [3.8, 4) is 11.8 Å². The average molecular weight is 288 g/mol. The Bertz CT molecular complexity index is 477. The van der Waals surface area contributed by atoms with Gasteiger partial charge in [-0.3, -0.25) is 0 Å². The van der Waals surface area contributed by atoms with Gasteiger partial charge in [0.05, 0.1) is 6.07 Å². The fourth-order valence-corrected chi connectivity index (χ4v) is 2.79. The minimum Gasteiger partial charge on any atom is -0.491 e. The number of hydrogen-bond donors (Lipinski definition) is 1. The Morgan fingerprint density at radius 3 is 2.14 bits per heavy atom. The summed E-state index contributed by atoms with van der Waals surface area (Å²) in [5.41, 5.74) is 1.75. The lowest BCUT2D eigenvalue weighted by molar-refractivity contribution is 0.282. The summed E-state index contributed by atoms with van der Waals surface area (Å²) in [6.07, 6.45) is 1.12. The van der Waals surface area contributed by atoms with E-state index in [0.29, 0.717) is 12.0 Å². The van der Waals surface area contributed by atoms with Crippen LogP contribution in [0.25, 0.3) is 0 Å². The van der Waals surface area contributed by atoms with Gasteiger partial charge in [-0.25, -0.2) is 0 Å². The maximum atomic E-state index is 8.87. The Morgan fingerprint density at radius 2 is 1.71 bits per heavy atom. The zero-order valence-corrected chi connectivity index (χ0v) is 14.2. The molecule has 0 heterocycles. The number of ether oxygens (including phenoxy) is 1. The predicted molar refractivity (Wildman–Crippen MR) is 87.5 cm³/mol. The molecule has 0 aromatic heterocycles. The number of rotatable bonds is 6. The first-order valence-electron chi connectivity index (χ1n) is 7.48. The fraction of sp³-hybridized carbons (Fsp3) is 0.611. The van der Waals surface area contributed by atoms with Crippen LogP contribution >= 0.6 is 0 Å². The number of nitrogens with one attached hydrogen (secondary N) is 1. The minimum absolute atomic E-state index is 0.136. The molecule has 1 atom stereocenters. The van der Waals surface area contributed by atoms with Gasteiger partial charge in [0.25, 0.3) is 0 Å². The third-order valence-electron chi connectivity index (χ3n) is 3.53. The summed E-state index contributed by atoms with van der Waals surface area (Å²) < 4.78 is 5.63. The Balaban J connectivity index is 2.72. The second-order valence-corrected chi connectivity index (χ2v) is 7.43. The van der Waals surface area contributed by atoms with Crippen LogP contribution in [0.5, 0.6) is 5.75 Å². The molecule has 1 N–H and O–H groups in total. The van der Waals surface area contributed by atoms with E-state index in [1.165, 1.54) is 5.56 Å². The third-order valence-corrected chi connectivity index (χ3v) is 3.53. The molecular weight excluding hydrogens is 260 g/mol. The highest BCUT2D eigenvalue weighted by molar-refractivity contribution is 5.31. The number of likely N-dealkylation sites (N-methyl/N-ethyl adjacent to an activating group) is 1. The number of benzene rings is 1. The van der Waals surface area contributed by atoms with Gasteiger partial charge in [0.1, 0.15) is 18.4 Å². The van der Waals surface area contributed by atoms with Crippen molar-refractivity contribution in [1.82, 2.24) is 5.32 Å². The zero-order valence-electron chi connectivity index (χ0n) is 14.2. The molecule has 3 heteroatoms. The van der Waals surface area contributed by atoms with E-state index in [-0.39, 0.29) is 11.5 Å². The number of nitrogens with zero attached hydrogens (tertiary/aromatic N) is 1. The summed E-state index contributed by atoms with van der Waals surface area (Å²) >= 11 is 0. The molecule has 0 radical (unpaired) electrons. The molecule has 1 aromatic rings. The molecule has 0 spiro atoms. The van der Waals surface area contributed by atoms with Crippen molar-refractivity contribution in [3.05, 3.63) is 29.8 Å². The Kier molecular flexibility index (Phi) is 5.80. The van der Waals surface area contributed by atoms with E-state index in [1.807, 2.05) is 12.1 Å². The average Bonchev–Trinajstić information content (AvgIpc) is 2.38. The molecule has 0 aliphatic heterocycles. The van der Waals surface area contributed by atoms with Crippen LogP contribution in [0, 0.1) is 16.7 Å². The van der Waals surface area contributed by atoms with Gasteiger partial charge in [-0.15, -0.1) is 0 Å². The van der Waals surface area contributed by atoms with Crippen LogP contribution in [0.15, 0.2) is 24.3 Å². The van der Waals surface area contributed by atoms with Crippen LogP contribution in [0.4, 0.5) is 0 Å². The highest BCUT2D eigenvalue weighted by atomic mass is 16.5. The standard InChI is InChI=1S/C18H28N2O/c1-17(2,3)13-18(4,5)14-7-9-16(10-8-14)21-12-15(11-19)20-6/h7-10,15,20H,12-13H2,1-6H3. The van der Waals surface area contributed by atoms with Crippen molar-refractivity contribution in [2.75, 3.05) is 13.7 Å². The first-order chi connectivity index (χ1) is 9.68. The fourth-order valence-electron chi connectivity index (χ4n) is 2.79. The van der Waals surface area contributed by atoms with Crippen LogP contribution in [0.3, 0.4) is 0 Å². The van der Waals surface area contributed by atoms with Crippen LogP contribution in [0.1, 0.15) is 46.6 Å². The van der Waals surface area contributed by atoms with Gasteiger partial charge in [-0.2, -0.15) is 5.26 Å². The van der Waals surface area contributed by atoms with Gasteiger partial charge in [0.15, 0.2) is 0 Å². The van der Waals surface area contributed by atoms with Crippen molar-refractivity contribution < 1.29 is 4.74 Å². The molecule has 0 saturated heterocycles. The first kappa shape index (κ1) is 17.5. The Morgan fingerprint density at radius 1 is 1.14 bits per heavy atom. The zero-order chi connectivity index (χ0) is 16.1. The highest BCUT2D eigenvalue weighted by Gasteiger charge is 2.27. The topological polar surface area (TPSA) is 45.0 Å². The third kappa shape index (κ3) is 5.77. The lowest BCUT2D eigenvalue weighted by Gasteiger charge is -2.33. The summed E-state index contributed by atoms with van der Waals surface area (Å²) in [5.74, 6) is 0.806. The molecule has 21 heavy (non-hydrogen) atoms. The molecule has 1 unspecified atom stereocenters. The maximum Gasteiger partial charge on any atom is 0.129 e. The van der Waals surface area contributed by atoms with E-state index in [2.05, 4.69) is 58.1 Å². The van der Waals surface area contributed by atoms with E-state index in [1.54, 1.807) is 7.05 Å². The van der Waals surface area contributed by atoms with Crippen molar-refractivity contribution in [1.29, 1.82) is 5.26 Å². The molecule has 0 fully saturated rings. The number of hydrogen-bond acceptors (Lipinski definition) is 3. The second-order valence-electron chi connectivity index (χ2n) is 7.43. The monoisotopic (exact) mass is 288 g/mol. The molecular formula is C18H28N2O. The molecule has 0 bridgehead atoms. The molecule has 0 aliphatic carbocycles. The largest absolute Gasteiger partial charge is 0.491 e. The normalized spacial score (nSPS) is 13.6. The van der Waals surface area contributed by atoms with Crippen molar-refractivity contribution in [2.45, 2.75) is 52.5 Å².